The summed E-state index contributed by atoms with van der Waals surface area (Å²) in [5.41, 5.74) is 3.47. The summed E-state index contributed by atoms with van der Waals surface area (Å²) >= 11 is 0. The van der Waals surface area contributed by atoms with Crippen LogP contribution >= 0.6 is 0 Å². The molecule has 2 heterocycles. The molecular weight excluding hydrogens is 238 g/mol. The van der Waals surface area contributed by atoms with Crippen molar-refractivity contribution < 1.29 is 9.84 Å². The van der Waals surface area contributed by atoms with E-state index in [1.165, 1.54) is 12.0 Å². The molecule has 3 heteroatoms. The largest absolute Gasteiger partial charge is 0.493 e. The number of aliphatic hydroxyl groups excluding tert-OH is 1. The van der Waals surface area contributed by atoms with Crippen LogP contribution in [0.3, 0.4) is 0 Å². The molecule has 1 aromatic rings. The minimum Gasteiger partial charge on any atom is -0.493 e. The highest BCUT2D eigenvalue weighted by molar-refractivity contribution is 5.45. The molecule has 19 heavy (non-hydrogen) atoms. The lowest BCUT2D eigenvalue weighted by atomic mass is 9.95. The van der Waals surface area contributed by atoms with Gasteiger partial charge in [0.1, 0.15) is 5.75 Å². The Morgan fingerprint density at radius 1 is 1.32 bits per heavy atom. The maximum atomic E-state index is 10.5. The molecule has 0 aromatic heterocycles. The molecule has 104 valence electrons. The molecule has 2 N–H and O–H groups in total. The van der Waals surface area contributed by atoms with Crippen molar-refractivity contribution in [2.75, 3.05) is 13.2 Å². The first kappa shape index (κ1) is 12.9. The molecule has 1 saturated heterocycles. The Labute approximate surface area is 115 Å². The molecule has 0 saturated carbocycles. The zero-order valence-electron chi connectivity index (χ0n) is 11.6. The Balaban J connectivity index is 1.89. The minimum atomic E-state index is -0.394. The lowest BCUT2D eigenvalue weighted by Gasteiger charge is -2.21. The Hall–Kier alpha value is -1.06. The van der Waals surface area contributed by atoms with Crippen LogP contribution < -0.4 is 10.1 Å². The standard InChI is InChI=1S/C16H23NO2/c1-11-9-13(15(18)14-6-4-7-17-14)10-12-5-2-3-8-19-16(11)12/h9-10,14-15,17-18H,2-8H2,1H3. The monoisotopic (exact) mass is 261 g/mol. The van der Waals surface area contributed by atoms with Crippen molar-refractivity contribution in [1.82, 2.24) is 5.32 Å². The first-order chi connectivity index (χ1) is 9.25. The van der Waals surface area contributed by atoms with E-state index < -0.39 is 6.10 Å². The summed E-state index contributed by atoms with van der Waals surface area (Å²) in [6.07, 6.45) is 5.19. The molecule has 1 fully saturated rings. The molecule has 0 aliphatic carbocycles. The lowest BCUT2D eigenvalue weighted by molar-refractivity contribution is 0.137. The van der Waals surface area contributed by atoms with Crippen molar-refractivity contribution in [1.29, 1.82) is 0 Å². The van der Waals surface area contributed by atoms with E-state index in [0.29, 0.717) is 0 Å². The fraction of sp³-hybridized carbons (Fsp3) is 0.625. The van der Waals surface area contributed by atoms with Gasteiger partial charge in [-0.1, -0.05) is 0 Å². The highest BCUT2D eigenvalue weighted by Crippen LogP contribution is 2.33. The number of hydrogen-bond acceptors (Lipinski definition) is 3. The van der Waals surface area contributed by atoms with Gasteiger partial charge in [-0.3, -0.25) is 0 Å². The van der Waals surface area contributed by atoms with E-state index in [2.05, 4.69) is 24.4 Å². The molecule has 3 rings (SSSR count). The maximum Gasteiger partial charge on any atom is 0.125 e. The average Bonchev–Trinajstić information content (AvgIpc) is 2.83. The maximum absolute atomic E-state index is 10.5. The predicted octanol–water partition coefficient (Wildman–Crippen LogP) is 2.50. The number of fused-ring (bicyclic) bond motifs is 1. The number of benzene rings is 1. The lowest BCUT2D eigenvalue weighted by Crippen LogP contribution is -2.28. The van der Waals surface area contributed by atoms with E-state index in [0.717, 1.165) is 55.7 Å². The summed E-state index contributed by atoms with van der Waals surface area (Å²) < 4.78 is 5.84. The van der Waals surface area contributed by atoms with Gasteiger partial charge in [0.2, 0.25) is 0 Å². The van der Waals surface area contributed by atoms with Crippen LogP contribution in [0.1, 0.15) is 48.5 Å². The number of aliphatic hydroxyl groups is 1. The van der Waals surface area contributed by atoms with Gasteiger partial charge in [-0.25, -0.2) is 0 Å². The molecule has 0 spiro atoms. The van der Waals surface area contributed by atoms with Gasteiger partial charge >= 0.3 is 0 Å². The average molecular weight is 261 g/mol. The zero-order chi connectivity index (χ0) is 13.2. The normalized spacial score (nSPS) is 24.4. The Bertz CT molecular complexity index is 452. The van der Waals surface area contributed by atoms with E-state index in [1.54, 1.807) is 0 Å². The third-order valence-electron chi connectivity index (χ3n) is 4.28. The second-order valence-corrected chi connectivity index (χ2v) is 5.78. The first-order valence-corrected chi connectivity index (χ1v) is 7.43. The summed E-state index contributed by atoms with van der Waals surface area (Å²) in [5, 5.41) is 13.9. The second kappa shape index (κ2) is 5.51. The Kier molecular flexibility index (Phi) is 3.76. The van der Waals surface area contributed by atoms with Crippen LogP contribution in [0.5, 0.6) is 5.75 Å². The van der Waals surface area contributed by atoms with E-state index in [1.807, 2.05) is 0 Å². The van der Waals surface area contributed by atoms with Gasteiger partial charge in [-0.15, -0.1) is 0 Å². The van der Waals surface area contributed by atoms with Crippen LogP contribution in [0.15, 0.2) is 12.1 Å². The smallest absolute Gasteiger partial charge is 0.125 e. The van der Waals surface area contributed by atoms with Crippen molar-refractivity contribution in [3.63, 3.8) is 0 Å². The van der Waals surface area contributed by atoms with Crippen LogP contribution in [0, 0.1) is 6.92 Å². The summed E-state index contributed by atoms with van der Waals surface area (Å²) in [6.45, 7) is 3.93. The number of aryl methyl sites for hydroxylation is 2. The quantitative estimate of drug-likeness (QED) is 0.859. The summed E-state index contributed by atoms with van der Waals surface area (Å²) in [5.74, 6) is 1.05. The molecule has 2 atom stereocenters. The number of ether oxygens (including phenoxy) is 1. The third-order valence-corrected chi connectivity index (χ3v) is 4.28. The molecule has 2 aliphatic rings. The van der Waals surface area contributed by atoms with E-state index in [4.69, 9.17) is 4.74 Å². The summed E-state index contributed by atoms with van der Waals surface area (Å²) in [7, 11) is 0. The zero-order valence-corrected chi connectivity index (χ0v) is 11.6. The number of nitrogens with one attached hydrogen (secondary N) is 1. The van der Waals surface area contributed by atoms with Crippen molar-refractivity contribution in [2.45, 2.75) is 51.2 Å². The first-order valence-electron chi connectivity index (χ1n) is 7.43. The van der Waals surface area contributed by atoms with Crippen LogP contribution in [-0.2, 0) is 6.42 Å². The van der Waals surface area contributed by atoms with Crippen molar-refractivity contribution >= 4 is 0 Å². The van der Waals surface area contributed by atoms with Crippen LogP contribution in [-0.4, -0.2) is 24.3 Å². The van der Waals surface area contributed by atoms with Crippen molar-refractivity contribution in [3.05, 3.63) is 28.8 Å². The van der Waals surface area contributed by atoms with E-state index in [9.17, 15) is 5.11 Å². The van der Waals surface area contributed by atoms with Crippen LogP contribution in [0.25, 0.3) is 0 Å². The highest BCUT2D eigenvalue weighted by atomic mass is 16.5. The summed E-state index contributed by atoms with van der Waals surface area (Å²) in [6, 6.07) is 4.46. The molecule has 1 aromatic carbocycles. The Morgan fingerprint density at radius 3 is 3.00 bits per heavy atom. The van der Waals surface area contributed by atoms with Gasteiger partial charge in [0.15, 0.2) is 0 Å². The molecule has 0 radical (unpaired) electrons. The molecule has 0 bridgehead atoms. The fourth-order valence-electron chi connectivity index (χ4n) is 3.25. The highest BCUT2D eigenvalue weighted by Gasteiger charge is 2.25. The van der Waals surface area contributed by atoms with Gasteiger partial charge in [-0.05, 0) is 74.4 Å². The van der Waals surface area contributed by atoms with Gasteiger partial charge in [0.05, 0.1) is 12.7 Å². The van der Waals surface area contributed by atoms with Crippen molar-refractivity contribution in [2.24, 2.45) is 0 Å². The van der Waals surface area contributed by atoms with E-state index >= 15 is 0 Å². The van der Waals surface area contributed by atoms with Gasteiger partial charge in [0.25, 0.3) is 0 Å². The molecule has 3 nitrogen and oxygen atoms in total. The molecular formula is C16H23NO2. The van der Waals surface area contributed by atoms with Crippen LogP contribution in [0.4, 0.5) is 0 Å². The predicted molar refractivity (Wildman–Crippen MR) is 75.6 cm³/mol. The number of rotatable bonds is 2. The van der Waals surface area contributed by atoms with E-state index in [-0.39, 0.29) is 6.04 Å². The molecule has 2 unspecified atom stereocenters. The van der Waals surface area contributed by atoms with Crippen molar-refractivity contribution in [3.8, 4) is 5.75 Å². The topological polar surface area (TPSA) is 41.5 Å². The van der Waals surface area contributed by atoms with Gasteiger partial charge < -0.3 is 15.2 Å². The summed E-state index contributed by atoms with van der Waals surface area (Å²) in [4.78, 5) is 0. The van der Waals surface area contributed by atoms with Gasteiger partial charge in [0, 0.05) is 6.04 Å². The number of hydrogen-bond donors (Lipinski definition) is 2. The van der Waals surface area contributed by atoms with Gasteiger partial charge in [-0.2, -0.15) is 0 Å². The second-order valence-electron chi connectivity index (χ2n) is 5.78. The SMILES string of the molecule is Cc1cc(C(O)C2CCCN2)cc2c1OCCCC2. The minimum absolute atomic E-state index is 0.212. The van der Waals surface area contributed by atoms with Crippen LogP contribution in [0.2, 0.25) is 0 Å². The molecule has 0 amide bonds. The fourth-order valence-corrected chi connectivity index (χ4v) is 3.25. The Morgan fingerprint density at radius 2 is 2.21 bits per heavy atom. The third kappa shape index (κ3) is 2.63. The molecule has 2 aliphatic heterocycles.